The number of benzene rings is 2. The standard InChI is InChI=1S/C51H75F3O8SSi2/c1-10-16-18-19-20-28-33-40-41(37-43(56)42(55)34-23-17-11-2)47-48(57)45(46(40)50(47,12-3)62-64(13-4,14-5)15-6)44(61-63(58,59)51(52,53)54)35-36-60-65(49(7,8)9,38-29-24-21-25-30-38)39-31-26-22-27-32-39/h10-12,16-17,21-22,24-27,29-32,40-43,46-47,55-56H,3,13-15,18-20,23,28,33-37H2,1-2,4-9H3/b16-10+,17-11+,45-44-/t40?,41?,42-,43+,46?,47?,50?/m1/s1. The molecule has 2 aliphatic carbocycles. The summed E-state index contributed by atoms with van der Waals surface area (Å²) in [6, 6.07) is 21.4. The molecule has 5 unspecified atom stereocenters. The van der Waals surface area contributed by atoms with Crippen molar-refractivity contribution in [3.8, 4) is 0 Å². The molecule has 4 rings (SSSR count). The number of Topliss-reactive ketones (excluding diaryl/α,β-unsaturated/α-hetero) is 1. The highest BCUT2D eigenvalue weighted by Crippen LogP contribution is 2.65. The molecule has 0 spiro atoms. The first-order valence-corrected chi connectivity index (χ1v) is 29.5. The van der Waals surface area contributed by atoms with E-state index in [1.807, 2.05) is 114 Å². The van der Waals surface area contributed by atoms with Gasteiger partial charge in [0.1, 0.15) is 5.76 Å². The highest BCUT2D eigenvalue weighted by atomic mass is 32.2. The lowest BCUT2D eigenvalue weighted by Gasteiger charge is -2.43. The number of fused-ring (bicyclic) bond motifs is 2. The molecule has 2 aliphatic rings. The van der Waals surface area contributed by atoms with Gasteiger partial charge in [0.2, 0.25) is 0 Å². The number of aliphatic hydroxyl groups is 2. The molecular weight excluding hydrogens is 886 g/mol. The van der Waals surface area contributed by atoms with Gasteiger partial charge in [-0.3, -0.25) is 4.79 Å². The zero-order valence-electron chi connectivity index (χ0n) is 39.9. The highest BCUT2D eigenvalue weighted by molar-refractivity contribution is 7.87. The fraction of sp³-hybridized carbons (Fsp3) is 0.588. The lowest BCUT2D eigenvalue weighted by atomic mass is 9.71. The van der Waals surface area contributed by atoms with E-state index in [1.165, 1.54) is 0 Å². The van der Waals surface area contributed by atoms with Gasteiger partial charge in [0.15, 0.2) is 14.1 Å². The minimum Gasteiger partial charge on any atom is -0.407 e. The molecule has 7 atom stereocenters. The number of hydrogen-bond acceptors (Lipinski definition) is 8. The number of carbonyl (C=O) groups is 1. The number of rotatable bonds is 26. The van der Waals surface area contributed by atoms with Crippen molar-refractivity contribution in [3.05, 3.63) is 109 Å². The first-order valence-electron chi connectivity index (χ1n) is 23.7. The van der Waals surface area contributed by atoms with Gasteiger partial charge in [0.05, 0.1) is 23.7 Å². The molecule has 65 heavy (non-hydrogen) atoms. The SMILES string of the molecule is C=CC1(O[Si](CC)(CC)CC)C2C(=O)/C(=C(/CCO[Si](c3ccccc3)(c3ccccc3)C(C)(C)C)OS(=O)(=O)C(F)(F)F)C1C(CCCCC/C=C/C)C2C[C@H](O)[C@H](O)CC/C=C/C. The number of unbranched alkanes of at least 4 members (excludes halogenated alkanes) is 3. The molecule has 0 amide bonds. The molecule has 0 heterocycles. The predicted molar refractivity (Wildman–Crippen MR) is 260 cm³/mol. The number of ketones is 1. The molecule has 14 heteroatoms. The predicted octanol–water partition coefficient (Wildman–Crippen LogP) is 11.1. The Morgan fingerprint density at radius 2 is 1.38 bits per heavy atom. The smallest absolute Gasteiger partial charge is 0.407 e. The van der Waals surface area contributed by atoms with Crippen LogP contribution < -0.4 is 10.4 Å². The van der Waals surface area contributed by atoms with Crippen molar-refractivity contribution in [2.24, 2.45) is 23.7 Å². The minimum atomic E-state index is -6.27. The van der Waals surface area contributed by atoms with Crippen LogP contribution in [-0.4, -0.2) is 71.0 Å². The number of carbonyl (C=O) groups excluding carboxylic acids is 1. The van der Waals surface area contributed by atoms with Crippen LogP contribution in [0, 0.1) is 23.7 Å². The van der Waals surface area contributed by atoms with Gasteiger partial charge in [-0.25, -0.2) is 0 Å². The van der Waals surface area contributed by atoms with E-state index < -0.39 is 96.7 Å². The third kappa shape index (κ3) is 11.8. The van der Waals surface area contributed by atoms with Gasteiger partial charge in [0, 0.05) is 24.5 Å². The van der Waals surface area contributed by atoms with Crippen LogP contribution in [0.2, 0.25) is 23.2 Å². The van der Waals surface area contributed by atoms with E-state index in [9.17, 15) is 31.8 Å². The Morgan fingerprint density at radius 3 is 1.88 bits per heavy atom. The Bertz CT molecular complexity index is 2000. The summed E-state index contributed by atoms with van der Waals surface area (Å²) in [6.07, 6.45) is 11.4. The average Bonchev–Trinajstić information content (AvgIpc) is 3.66. The number of aliphatic hydroxyl groups excluding tert-OH is 2. The minimum absolute atomic E-state index is 0.0340. The average molecular weight is 961 g/mol. The van der Waals surface area contributed by atoms with E-state index in [0.717, 1.165) is 29.6 Å². The largest absolute Gasteiger partial charge is 0.534 e. The fourth-order valence-corrected chi connectivity index (χ4v) is 18.9. The molecule has 0 radical (unpaired) electrons. The van der Waals surface area contributed by atoms with E-state index in [1.54, 1.807) is 6.08 Å². The summed E-state index contributed by atoms with van der Waals surface area (Å²) in [5.41, 5.74) is -7.37. The van der Waals surface area contributed by atoms with Crippen molar-refractivity contribution >= 4 is 42.9 Å². The topological polar surface area (TPSA) is 119 Å². The van der Waals surface area contributed by atoms with E-state index in [-0.39, 0.29) is 18.6 Å². The van der Waals surface area contributed by atoms with Crippen LogP contribution in [0.25, 0.3) is 0 Å². The van der Waals surface area contributed by atoms with Crippen molar-refractivity contribution in [3.63, 3.8) is 0 Å². The Morgan fingerprint density at radius 1 is 0.831 bits per heavy atom. The normalized spacial score (nSPS) is 23.7. The van der Waals surface area contributed by atoms with Crippen LogP contribution in [0.5, 0.6) is 0 Å². The maximum absolute atomic E-state index is 15.5. The molecule has 362 valence electrons. The summed E-state index contributed by atoms with van der Waals surface area (Å²) in [5.74, 6) is -4.20. The number of allylic oxidation sites excluding steroid dienone is 4. The van der Waals surface area contributed by atoms with Crippen molar-refractivity contribution < 1.29 is 49.6 Å². The monoisotopic (exact) mass is 960 g/mol. The highest BCUT2D eigenvalue weighted by Gasteiger charge is 2.71. The van der Waals surface area contributed by atoms with Crippen LogP contribution in [0.4, 0.5) is 13.2 Å². The molecule has 2 bridgehead atoms. The summed E-state index contributed by atoms with van der Waals surface area (Å²) < 4.78 is 89.6. The molecule has 0 aliphatic heterocycles. The van der Waals surface area contributed by atoms with Gasteiger partial charge in [0.25, 0.3) is 8.32 Å². The molecule has 2 fully saturated rings. The van der Waals surface area contributed by atoms with Crippen LogP contribution in [0.1, 0.15) is 113 Å². The second-order valence-corrected chi connectivity index (χ2v) is 29.4. The second kappa shape index (κ2) is 23.3. The fourth-order valence-electron chi connectivity index (χ4n) is 10.8. The summed E-state index contributed by atoms with van der Waals surface area (Å²) in [6.45, 7) is 20.1. The molecule has 0 aromatic heterocycles. The molecule has 8 nitrogen and oxygen atoms in total. The number of hydrogen-bond donors (Lipinski definition) is 2. The maximum Gasteiger partial charge on any atom is 0.534 e. The molecule has 2 N–H and O–H groups in total. The number of halogens is 3. The Kier molecular flexibility index (Phi) is 19.5. The summed E-state index contributed by atoms with van der Waals surface area (Å²) in [4.78, 5) is 15.5. The molecule has 2 aromatic rings. The first-order chi connectivity index (χ1) is 30.7. The van der Waals surface area contributed by atoms with Crippen LogP contribution >= 0.6 is 0 Å². The van der Waals surface area contributed by atoms with Gasteiger partial charge in [-0.1, -0.05) is 145 Å². The second-order valence-electron chi connectivity index (χ2n) is 18.9. The Balaban J connectivity index is 1.99. The molecule has 2 saturated carbocycles. The Labute approximate surface area is 389 Å². The zero-order valence-corrected chi connectivity index (χ0v) is 42.7. The van der Waals surface area contributed by atoms with Gasteiger partial charge in [-0.15, -0.1) is 6.58 Å². The maximum atomic E-state index is 15.5. The third-order valence-corrected chi connectivity index (χ3v) is 24.9. The van der Waals surface area contributed by atoms with Crippen molar-refractivity contribution in [1.82, 2.24) is 0 Å². The van der Waals surface area contributed by atoms with E-state index in [0.29, 0.717) is 43.8 Å². The Hall–Kier alpha value is -3.12. The van der Waals surface area contributed by atoms with Gasteiger partial charge < -0.3 is 23.2 Å². The third-order valence-electron chi connectivity index (χ3n) is 14.2. The number of alkyl halides is 3. The van der Waals surface area contributed by atoms with Gasteiger partial charge in [-0.2, -0.15) is 21.6 Å². The summed E-state index contributed by atoms with van der Waals surface area (Å²) in [7, 11) is -12.2. The molecular formula is C51H75F3O8SSi2. The van der Waals surface area contributed by atoms with Crippen molar-refractivity contribution in [2.75, 3.05) is 6.61 Å². The zero-order chi connectivity index (χ0) is 48.3. The lowest BCUT2D eigenvalue weighted by molar-refractivity contribution is -0.124. The van der Waals surface area contributed by atoms with Gasteiger partial charge in [-0.05, 0) is 97.8 Å². The quantitative estimate of drug-likeness (QED) is 0.0182. The first kappa shape index (κ1) is 54.5. The van der Waals surface area contributed by atoms with Crippen molar-refractivity contribution in [1.29, 1.82) is 0 Å². The summed E-state index contributed by atoms with van der Waals surface area (Å²) >= 11 is 0. The lowest BCUT2D eigenvalue weighted by Crippen LogP contribution is -2.66. The van der Waals surface area contributed by atoms with E-state index >= 15 is 4.79 Å². The van der Waals surface area contributed by atoms with E-state index in [2.05, 4.69) is 33.4 Å². The van der Waals surface area contributed by atoms with E-state index in [4.69, 9.17) is 13.0 Å². The van der Waals surface area contributed by atoms with Crippen LogP contribution in [-0.2, 0) is 27.9 Å². The summed E-state index contributed by atoms with van der Waals surface area (Å²) in [5, 5.41) is 24.2. The molecule has 2 aromatic carbocycles. The van der Waals surface area contributed by atoms with Crippen molar-refractivity contribution in [2.45, 2.75) is 160 Å². The van der Waals surface area contributed by atoms with Gasteiger partial charge >= 0.3 is 15.6 Å². The van der Waals surface area contributed by atoms with Crippen LogP contribution in [0.3, 0.4) is 0 Å². The molecule has 0 saturated heterocycles. The van der Waals surface area contributed by atoms with Crippen LogP contribution in [0.15, 0.2) is 109 Å².